The average Bonchev–Trinajstić information content (AvgIpc) is 3.13. The molecule has 4 heteroatoms. The Bertz CT molecular complexity index is 688. The van der Waals surface area contributed by atoms with Crippen molar-refractivity contribution in [2.45, 2.75) is 39.3 Å². The van der Waals surface area contributed by atoms with E-state index in [4.69, 9.17) is 4.42 Å². The number of unbranched alkanes of at least 4 members (excludes halogenated alkanes) is 1. The molecule has 0 unspecified atom stereocenters. The summed E-state index contributed by atoms with van der Waals surface area (Å²) in [4.78, 5) is 4.30. The molecule has 0 aliphatic rings. The van der Waals surface area contributed by atoms with Crippen molar-refractivity contribution >= 4 is 22.3 Å². The molecule has 1 N–H and O–H groups in total. The molecular weight excluding hydrogens is 280 g/mol. The fourth-order valence-electron chi connectivity index (χ4n) is 2.52. The Balaban J connectivity index is 1.77. The van der Waals surface area contributed by atoms with Gasteiger partial charge in [-0.15, -0.1) is 11.3 Å². The minimum Gasteiger partial charge on any atom is -0.461 e. The quantitative estimate of drug-likeness (QED) is 0.697. The van der Waals surface area contributed by atoms with Gasteiger partial charge in [0.25, 0.3) is 0 Å². The molecule has 0 fully saturated rings. The molecule has 3 aromatic rings. The number of nitrogens with zero attached hydrogens (tertiary/aromatic N) is 1. The van der Waals surface area contributed by atoms with Crippen LogP contribution < -0.4 is 5.32 Å². The zero-order valence-corrected chi connectivity index (χ0v) is 13.1. The van der Waals surface area contributed by atoms with Crippen molar-refractivity contribution in [2.75, 3.05) is 0 Å². The van der Waals surface area contributed by atoms with Crippen LogP contribution in [0.15, 0.2) is 39.6 Å². The molecule has 0 saturated carbocycles. The van der Waals surface area contributed by atoms with E-state index >= 15 is 0 Å². The summed E-state index contributed by atoms with van der Waals surface area (Å²) in [5, 5.41) is 6.80. The van der Waals surface area contributed by atoms with Gasteiger partial charge in [0.1, 0.15) is 11.3 Å². The van der Waals surface area contributed by atoms with Gasteiger partial charge in [-0.1, -0.05) is 31.5 Å². The molecule has 0 bridgehead atoms. The minimum absolute atomic E-state index is 0.802. The van der Waals surface area contributed by atoms with E-state index < -0.39 is 0 Å². The van der Waals surface area contributed by atoms with Crippen molar-refractivity contribution in [2.24, 2.45) is 0 Å². The van der Waals surface area contributed by atoms with Crippen LogP contribution in [0.4, 0.5) is 0 Å². The molecule has 21 heavy (non-hydrogen) atoms. The first-order chi connectivity index (χ1) is 10.4. The maximum absolute atomic E-state index is 6.04. The van der Waals surface area contributed by atoms with Crippen LogP contribution in [-0.4, -0.2) is 4.98 Å². The Hall–Kier alpha value is -1.65. The normalized spacial score (nSPS) is 11.3. The maximum atomic E-state index is 6.04. The smallest absolute Gasteiger partial charge is 0.134 e. The van der Waals surface area contributed by atoms with Crippen LogP contribution in [0.3, 0.4) is 0 Å². The van der Waals surface area contributed by atoms with Crippen molar-refractivity contribution < 1.29 is 4.42 Å². The van der Waals surface area contributed by atoms with Gasteiger partial charge in [0, 0.05) is 35.8 Å². The first-order valence-electron chi connectivity index (χ1n) is 7.45. The van der Waals surface area contributed by atoms with Gasteiger partial charge in [-0.05, 0) is 12.5 Å². The van der Waals surface area contributed by atoms with E-state index in [-0.39, 0.29) is 0 Å². The summed E-state index contributed by atoms with van der Waals surface area (Å²) in [6.07, 6.45) is 3.36. The molecule has 3 rings (SSSR count). The Kier molecular flexibility index (Phi) is 4.68. The fourth-order valence-corrected chi connectivity index (χ4v) is 3.08. The number of benzene rings is 1. The lowest BCUT2D eigenvalue weighted by molar-refractivity contribution is 0.524. The third-order valence-corrected chi connectivity index (χ3v) is 4.27. The van der Waals surface area contributed by atoms with Gasteiger partial charge in [0.2, 0.25) is 0 Å². The van der Waals surface area contributed by atoms with Gasteiger partial charge >= 0.3 is 0 Å². The largest absolute Gasteiger partial charge is 0.461 e. The molecule has 0 amide bonds. The third-order valence-electron chi connectivity index (χ3n) is 3.63. The maximum Gasteiger partial charge on any atom is 0.134 e. The number of furan rings is 1. The van der Waals surface area contributed by atoms with Crippen molar-refractivity contribution in [3.05, 3.63) is 52.2 Å². The lowest BCUT2D eigenvalue weighted by Crippen LogP contribution is -2.13. The van der Waals surface area contributed by atoms with E-state index in [9.17, 15) is 0 Å². The predicted octanol–water partition coefficient (Wildman–Crippen LogP) is 4.52. The topological polar surface area (TPSA) is 38.1 Å². The number of hydrogen-bond donors (Lipinski definition) is 1. The molecule has 0 saturated heterocycles. The van der Waals surface area contributed by atoms with Crippen LogP contribution in [0.2, 0.25) is 0 Å². The summed E-state index contributed by atoms with van der Waals surface area (Å²) in [5.74, 6) is 1.13. The summed E-state index contributed by atoms with van der Waals surface area (Å²) in [7, 11) is 0. The lowest BCUT2D eigenvalue weighted by atomic mass is 10.1. The number of aryl methyl sites for hydroxylation is 1. The number of nitrogens with one attached hydrogen (secondary N) is 1. The molecule has 0 radical (unpaired) electrons. The number of rotatable bonds is 7. The molecule has 0 aliphatic heterocycles. The van der Waals surface area contributed by atoms with Crippen LogP contribution in [0.25, 0.3) is 11.0 Å². The summed E-state index contributed by atoms with van der Waals surface area (Å²) in [6, 6.07) is 8.30. The van der Waals surface area contributed by atoms with Gasteiger partial charge in [-0.3, -0.25) is 0 Å². The van der Waals surface area contributed by atoms with E-state index in [1.54, 1.807) is 11.3 Å². The highest BCUT2D eigenvalue weighted by Crippen LogP contribution is 2.27. The summed E-state index contributed by atoms with van der Waals surface area (Å²) >= 11 is 1.63. The second kappa shape index (κ2) is 6.87. The number of aromatic nitrogens is 1. The molecule has 2 aromatic heterocycles. The molecule has 0 spiro atoms. The summed E-state index contributed by atoms with van der Waals surface area (Å²) in [5.41, 5.74) is 5.27. The van der Waals surface area contributed by atoms with Crippen LogP contribution in [0.1, 0.15) is 36.8 Å². The van der Waals surface area contributed by atoms with E-state index in [0.717, 1.165) is 36.5 Å². The minimum atomic E-state index is 0.802. The van der Waals surface area contributed by atoms with Gasteiger partial charge in [-0.2, -0.15) is 0 Å². The zero-order chi connectivity index (χ0) is 14.5. The van der Waals surface area contributed by atoms with Crippen molar-refractivity contribution in [1.82, 2.24) is 10.3 Å². The lowest BCUT2D eigenvalue weighted by Gasteiger charge is -2.04. The third kappa shape index (κ3) is 3.34. The van der Waals surface area contributed by atoms with Gasteiger partial charge in [-0.25, -0.2) is 4.98 Å². The monoisotopic (exact) mass is 300 g/mol. The van der Waals surface area contributed by atoms with Crippen molar-refractivity contribution in [3.63, 3.8) is 0 Å². The fraction of sp³-hybridized carbons (Fsp3) is 0.353. The van der Waals surface area contributed by atoms with E-state index in [0.29, 0.717) is 0 Å². The second-order valence-electron chi connectivity index (χ2n) is 5.19. The van der Waals surface area contributed by atoms with Gasteiger partial charge < -0.3 is 9.73 Å². The Morgan fingerprint density at radius 3 is 2.95 bits per heavy atom. The van der Waals surface area contributed by atoms with Crippen LogP contribution in [0, 0.1) is 0 Å². The molecule has 0 atom stereocenters. The van der Waals surface area contributed by atoms with E-state index in [1.165, 1.54) is 23.8 Å². The number of fused-ring (bicyclic) bond motifs is 1. The number of thiazole rings is 1. The highest BCUT2D eigenvalue weighted by atomic mass is 32.1. The Morgan fingerprint density at radius 1 is 1.24 bits per heavy atom. The Morgan fingerprint density at radius 2 is 2.14 bits per heavy atom. The van der Waals surface area contributed by atoms with E-state index in [2.05, 4.69) is 40.8 Å². The molecule has 110 valence electrons. The van der Waals surface area contributed by atoms with Crippen LogP contribution in [0.5, 0.6) is 0 Å². The molecular formula is C17H20N2OS. The van der Waals surface area contributed by atoms with Crippen molar-refractivity contribution in [1.29, 1.82) is 0 Å². The van der Waals surface area contributed by atoms with E-state index in [1.807, 2.05) is 11.6 Å². The average molecular weight is 300 g/mol. The van der Waals surface area contributed by atoms with Crippen LogP contribution >= 0.6 is 11.3 Å². The highest BCUT2D eigenvalue weighted by molar-refractivity contribution is 7.07. The molecule has 2 heterocycles. The molecule has 0 aliphatic carbocycles. The highest BCUT2D eigenvalue weighted by Gasteiger charge is 2.13. The second-order valence-corrected chi connectivity index (χ2v) is 5.91. The number of para-hydroxylation sites is 1. The predicted molar refractivity (Wildman–Crippen MR) is 87.5 cm³/mol. The zero-order valence-electron chi connectivity index (χ0n) is 12.3. The van der Waals surface area contributed by atoms with Crippen LogP contribution in [-0.2, 0) is 19.5 Å². The standard InChI is InChI=1S/C17H20N2OS/c1-2-3-7-17-15(10-18-9-13-11-21-12-19-13)14-6-4-5-8-16(14)20-17/h4-6,8,11-12,18H,2-3,7,9-10H2,1H3. The first kappa shape index (κ1) is 14.3. The summed E-state index contributed by atoms with van der Waals surface area (Å²) in [6.45, 7) is 3.84. The first-order valence-corrected chi connectivity index (χ1v) is 8.40. The SMILES string of the molecule is CCCCc1oc2ccccc2c1CNCc1cscn1. The van der Waals surface area contributed by atoms with Gasteiger partial charge in [0.05, 0.1) is 11.2 Å². The molecule has 1 aromatic carbocycles. The molecule has 3 nitrogen and oxygen atoms in total. The van der Waals surface area contributed by atoms with Crippen molar-refractivity contribution in [3.8, 4) is 0 Å². The van der Waals surface area contributed by atoms with Gasteiger partial charge in [0.15, 0.2) is 0 Å². The summed E-state index contributed by atoms with van der Waals surface area (Å²) < 4.78 is 6.04. The Labute approximate surface area is 129 Å². The number of hydrogen-bond acceptors (Lipinski definition) is 4.